The standard InChI is InChI=1S/C21H29NO5S/c1-21(2,3)19(23)16-27-20(24)13-10-17-8-11-18(12-9-17)28(25,26)22-14-6-4-5-7-15-22/h8-13H,4-7,14-16H2,1-3H3. The van der Waals surface area contributed by atoms with Crippen LogP contribution in [0.5, 0.6) is 0 Å². The average Bonchev–Trinajstić information content (AvgIpc) is 2.94. The van der Waals surface area contributed by atoms with Gasteiger partial charge < -0.3 is 4.74 Å². The minimum absolute atomic E-state index is 0.155. The van der Waals surface area contributed by atoms with Gasteiger partial charge in [-0.2, -0.15) is 4.31 Å². The summed E-state index contributed by atoms with van der Waals surface area (Å²) in [5, 5.41) is 0. The number of carbonyl (C=O) groups is 2. The third-order valence-corrected chi connectivity index (χ3v) is 6.59. The molecule has 0 aliphatic carbocycles. The molecule has 1 aliphatic rings. The second-order valence-corrected chi connectivity index (χ2v) is 9.94. The molecule has 6 nitrogen and oxygen atoms in total. The fourth-order valence-electron chi connectivity index (χ4n) is 2.75. The summed E-state index contributed by atoms with van der Waals surface area (Å²) in [7, 11) is -3.49. The molecule has 0 atom stereocenters. The van der Waals surface area contributed by atoms with Crippen molar-refractivity contribution in [3.63, 3.8) is 0 Å². The summed E-state index contributed by atoms with van der Waals surface area (Å²) in [5.74, 6) is -0.767. The van der Waals surface area contributed by atoms with Crippen LogP contribution in [0.25, 0.3) is 6.08 Å². The zero-order chi connectivity index (χ0) is 20.8. The average molecular weight is 408 g/mol. The van der Waals surface area contributed by atoms with Gasteiger partial charge in [0.05, 0.1) is 4.90 Å². The van der Waals surface area contributed by atoms with E-state index in [1.165, 1.54) is 12.2 Å². The number of hydrogen-bond donors (Lipinski definition) is 0. The molecule has 0 bridgehead atoms. The normalized spacial score (nSPS) is 16.7. The number of sulfonamides is 1. The fraction of sp³-hybridized carbons (Fsp3) is 0.524. The van der Waals surface area contributed by atoms with E-state index in [-0.39, 0.29) is 17.3 Å². The molecule has 0 saturated carbocycles. The minimum Gasteiger partial charge on any atom is -0.455 e. The number of ketones is 1. The van der Waals surface area contributed by atoms with Crippen LogP contribution in [0.2, 0.25) is 0 Å². The summed E-state index contributed by atoms with van der Waals surface area (Å²) in [5.41, 5.74) is 0.118. The van der Waals surface area contributed by atoms with Gasteiger partial charge in [0.2, 0.25) is 10.0 Å². The van der Waals surface area contributed by atoms with Crippen LogP contribution in [0.3, 0.4) is 0 Å². The van der Waals surface area contributed by atoms with Crippen LogP contribution in [0.4, 0.5) is 0 Å². The van der Waals surface area contributed by atoms with Gasteiger partial charge in [0.1, 0.15) is 0 Å². The van der Waals surface area contributed by atoms with Crippen molar-refractivity contribution < 1.29 is 22.7 Å². The van der Waals surface area contributed by atoms with Gasteiger partial charge in [0.25, 0.3) is 0 Å². The molecule has 1 saturated heterocycles. The lowest BCUT2D eigenvalue weighted by molar-refractivity contribution is -0.145. The number of ether oxygens (including phenoxy) is 1. The van der Waals surface area contributed by atoms with Crippen molar-refractivity contribution >= 4 is 27.9 Å². The van der Waals surface area contributed by atoms with Crippen molar-refractivity contribution in [2.24, 2.45) is 5.41 Å². The van der Waals surface area contributed by atoms with Crippen molar-refractivity contribution in [1.29, 1.82) is 0 Å². The molecule has 2 rings (SSSR count). The minimum atomic E-state index is -3.49. The highest BCUT2D eigenvalue weighted by atomic mass is 32.2. The SMILES string of the molecule is CC(C)(C)C(=O)COC(=O)C=Cc1ccc(S(=O)(=O)N2CCCCCC2)cc1. The van der Waals surface area contributed by atoms with Crippen LogP contribution in [0, 0.1) is 5.41 Å². The molecule has 0 N–H and O–H groups in total. The van der Waals surface area contributed by atoms with E-state index in [1.807, 2.05) is 0 Å². The molecule has 1 heterocycles. The van der Waals surface area contributed by atoms with Crippen LogP contribution in [-0.4, -0.2) is 44.2 Å². The molecule has 1 fully saturated rings. The molecule has 0 aromatic heterocycles. The molecule has 0 unspecified atom stereocenters. The van der Waals surface area contributed by atoms with E-state index in [0.29, 0.717) is 18.7 Å². The first-order chi connectivity index (χ1) is 13.1. The number of carbonyl (C=O) groups excluding carboxylic acids is 2. The van der Waals surface area contributed by atoms with Gasteiger partial charge in [-0.15, -0.1) is 0 Å². The van der Waals surface area contributed by atoms with Crippen LogP contribution < -0.4 is 0 Å². The van der Waals surface area contributed by atoms with Crippen molar-refractivity contribution in [2.45, 2.75) is 51.3 Å². The predicted molar refractivity (Wildman–Crippen MR) is 108 cm³/mol. The van der Waals surface area contributed by atoms with E-state index >= 15 is 0 Å². The molecular weight excluding hydrogens is 378 g/mol. The number of esters is 1. The summed E-state index contributed by atoms with van der Waals surface area (Å²) in [6.07, 6.45) is 6.67. The highest BCUT2D eigenvalue weighted by Crippen LogP contribution is 2.21. The highest BCUT2D eigenvalue weighted by Gasteiger charge is 2.25. The van der Waals surface area contributed by atoms with Crippen LogP contribution in [-0.2, 0) is 24.3 Å². The molecule has 0 radical (unpaired) electrons. The van der Waals surface area contributed by atoms with Crippen LogP contribution in [0.1, 0.15) is 52.0 Å². The summed E-state index contributed by atoms with van der Waals surface area (Å²) in [6.45, 7) is 6.15. The third kappa shape index (κ3) is 6.27. The quantitative estimate of drug-likeness (QED) is 0.533. The maximum Gasteiger partial charge on any atom is 0.331 e. The number of hydrogen-bond acceptors (Lipinski definition) is 5. The van der Waals surface area contributed by atoms with E-state index in [9.17, 15) is 18.0 Å². The molecule has 1 aromatic rings. The highest BCUT2D eigenvalue weighted by molar-refractivity contribution is 7.89. The van der Waals surface area contributed by atoms with Gasteiger partial charge in [-0.1, -0.05) is 45.7 Å². The van der Waals surface area contributed by atoms with Crippen molar-refractivity contribution in [3.8, 4) is 0 Å². The Labute approximate surface area is 167 Å². The monoisotopic (exact) mass is 407 g/mol. The summed E-state index contributed by atoms with van der Waals surface area (Å²) in [6, 6.07) is 6.40. The Bertz CT molecular complexity index is 811. The van der Waals surface area contributed by atoms with E-state index in [0.717, 1.165) is 25.7 Å². The second kappa shape index (κ2) is 9.47. The topological polar surface area (TPSA) is 80.8 Å². The Balaban J connectivity index is 1.97. The summed E-state index contributed by atoms with van der Waals surface area (Å²) in [4.78, 5) is 23.8. The first-order valence-electron chi connectivity index (χ1n) is 9.59. The van der Waals surface area contributed by atoms with Crippen molar-refractivity contribution in [3.05, 3.63) is 35.9 Å². The molecule has 1 aliphatic heterocycles. The first kappa shape index (κ1) is 22.3. The Kier molecular flexibility index (Phi) is 7.55. The molecule has 0 spiro atoms. The first-order valence-corrected chi connectivity index (χ1v) is 11.0. The zero-order valence-corrected chi connectivity index (χ0v) is 17.6. The molecule has 28 heavy (non-hydrogen) atoms. The van der Waals surface area contributed by atoms with Crippen LogP contribution in [0.15, 0.2) is 35.2 Å². The largest absolute Gasteiger partial charge is 0.455 e. The lowest BCUT2D eigenvalue weighted by Gasteiger charge is -2.19. The Morgan fingerprint density at radius 3 is 2.14 bits per heavy atom. The van der Waals surface area contributed by atoms with Gasteiger partial charge >= 0.3 is 5.97 Å². The fourth-order valence-corrected chi connectivity index (χ4v) is 4.26. The van der Waals surface area contributed by atoms with E-state index < -0.39 is 21.4 Å². The molecule has 7 heteroatoms. The van der Waals surface area contributed by atoms with Crippen molar-refractivity contribution in [1.82, 2.24) is 4.31 Å². The lowest BCUT2D eigenvalue weighted by atomic mass is 9.91. The lowest BCUT2D eigenvalue weighted by Crippen LogP contribution is -2.31. The zero-order valence-electron chi connectivity index (χ0n) is 16.8. The molecular formula is C21H29NO5S. The Morgan fingerprint density at radius 2 is 1.61 bits per heavy atom. The smallest absolute Gasteiger partial charge is 0.331 e. The maximum absolute atomic E-state index is 12.7. The van der Waals surface area contributed by atoms with E-state index in [4.69, 9.17) is 4.74 Å². The number of benzene rings is 1. The Hall–Kier alpha value is -1.99. The number of Topliss-reactive ketones (excluding diaryl/α,β-unsaturated/α-hetero) is 1. The van der Waals surface area contributed by atoms with Gasteiger partial charge in [0.15, 0.2) is 12.4 Å². The van der Waals surface area contributed by atoms with E-state index in [1.54, 1.807) is 49.3 Å². The summed E-state index contributed by atoms with van der Waals surface area (Å²) >= 11 is 0. The van der Waals surface area contributed by atoms with Gasteiger partial charge in [0, 0.05) is 24.6 Å². The third-order valence-electron chi connectivity index (χ3n) is 4.68. The van der Waals surface area contributed by atoms with Crippen molar-refractivity contribution in [2.75, 3.05) is 19.7 Å². The Morgan fingerprint density at radius 1 is 1.04 bits per heavy atom. The van der Waals surface area contributed by atoms with Gasteiger partial charge in [-0.3, -0.25) is 4.79 Å². The predicted octanol–water partition coefficient (Wildman–Crippen LogP) is 3.42. The molecule has 154 valence electrons. The maximum atomic E-state index is 12.7. The van der Waals surface area contributed by atoms with E-state index in [2.05, 4.69) is 0 Å². The number of rotatable bonds is 6. The molecule has 1 aromatic carbocycles. The number of nitrogens with zero attached hydrogens (tertiary/aromatic N) is 1. The van der Waals surface area contributed by atoms with Gasteiger partial charge in [-0.25, -0.2) is 13.2 Å². The van der Waals surface area contributed by atoms with Crippen LogP contribution >= 0.6 is 0 Å². The second-order valence-electron chi connectivity index (χ2n) is 8.00. The summed E-state index contributed by atoms with van der Waals surface area (Å²) < 4.78 is 32.0. The molecule has 0 amide bonds. The van der Waals surface area contributed by atoms with Gasteiger partial charge in [-0.05, 0) is 36.6 Å².